The molecule has 0 amide bonds. The molecule has 0 heterocycles. The van der Waals surface area contributed by atoms with Crippen molar-refractivity contribution in [2.75, 3.05) is 0 Å². The molecule has 0 unspecified atom stereocenters. The van der Waals surface area contributed by atoms with E-state index in [4.69, 9.17) is 5.53 Å². The monoisotopic (exact) mass is 185 g/mol. The van der Waals surface area contributed by atoms with E-state index in [0.717, 1.165) is 0 Å². The first kappa shape index (κ1) is 8.78. The fraction of sp³-hybridized carbons (Fsp3) is 1.00. The fourth-order valence-electron chi connectivity index (χ4n) is 2.82. The molecule has 0 radical (unpaired) electrons. The second-order valence-electron chi connectivity index (χ2n) is 4.40. The molecule has 1 N–H and O–H groups in total. The van der Waals surface area contributed by atoms with Gasteiger partial charge in [0.1, 0.15) is 5.67 Å². The molecule has 0 spiro atoms. The van der Waals surface area contributed by atoms with E-state index < -0.39 is 17.3 Å². The maximum absolute atomic E-state index is 13.6. The van der Waals surface area contributed by atoms with Crippen LogP contribution in [-0.2, 0) is 0 Å². The molecular formula is C8H12FN3O. The standard InChI is InChI=1S/C8H12FN3O/c1-7(9)4-3-5(13)8(2,6(4)7)11-12-10/h4-6,13H,3H2,1-2H3/t4-,5-,6+,7-,8+/m1/s1. The summed E-state index contributed by atoms with van der Waals surface area (Å²) in [5, 5.41) is 13.1. The maximum Gasteiger partial charge on any atom is 0.115 e. The number of fused-ring (bicyclic) bond motifs is 1. The Bertz CT molecular complexity index is 300. The largest absolute Gasteiger partial charge is 0.392 e. The Balaban J connectivity index is 2.33. The van der Waals surface area contributed by atoms with E-state index in [9.17, 15) is 9.50 Å². The van der Waals surface area contributed by atoms with Gasteiger partial charge in [-0.25, -0.2) is 4.39 Å². The summed E-state index contributed by atoms with van der Waals surface area (Å²) in [6.45, 7) is 3.15. The van der Waals surface area contributed by atoms with Crippen molar-refractivity contribution in [3.8, 4) is 0 Å². The summed E-state index contributed by atoms with van der Waals surface area (Å²) in [6, 6.07) is 0. The van der Waals surface area contributed by atoms with Crippen molar-refractivity contribution in [3.63, 3.8) is 0 Å². The highest BCUT2D eigenvalue weighted by Gasteiger charge is 2.75. The van der Waals surface area contributed by atoms with Crippen molar-refractivity contribution in [2.24, 2.45) is 17.0 Å². The Labute approximate surface area is 75.4 Å². The number of azide groups is 1. The molecule has 0 bridgehead atoms. The zero-order valence-corrected chi connectivity index (χ0v) is 7.61. The molecule has 0 aromatic heterocycles. The van der Waals surface area contributed by atoms with Crippen molar-refractivity contribution >= 4 is 0 Å². The minimum atomic E-state index is -1.25. The van der Waals surface area contributed by atoms with Crippen LogP contribution in [-0.4, -0.2) is 22.4 Å². The maximum atomic E-state index is 13.6. The average Bonchev–Trinajstić information content (AvgIpc) is 2.40. The Morgan fingerprint density at radius 2 is 2.23 bits per heavy atom. The smallest absolute Gasteiger partial charge is 0.115 e. The lowest BCUT2D eigenvalue weighted by molar-refractivity contribution is 0.0688. The van der Waals surface area contributed by atoms with Crippen molar-refractivity contribution in [1.29, 1.82) is 0 Å². The summed E-state index contributed by atoms with van der Waals surface area (Å²) in [7, 11) is 0. The van der Waals surface area contributed by atoms with Gasteiger partial charge in [-0.05, 0) is 18.9 Å². The lowest BCUT2D eigenvalue weighted by atomic mass is 9.91. The van der Waals surface area contributed by atoms with Crippen LogP contribution in [0.1, 0.15) is 20.3 Å². The molecule has 2 fully saturated rings. The molecule has 4 nitrogen and oxygen atoms in total. The molecule has 0 aliphatic heterocycles. The number of aliphatic hydroxyl groups is 1. The van der Waals surface area contributed by atoms with Gasteiger partial charge in [-0.3, -0.25) is 0 Å². The molecule has 13 heavy (non-hydrogen) atoms. The average molecular weight is 185 g/mol. The second kappa shape index (κ2) is 2.16. The van der Waals surface area contributed by atoms with Gasteiger partial charge in [0.05, 0.1) is 11.6 Å². The quantitative estimate of drug-likeness (QED) is 0.377. The number of alkyl halides is 1. The summed E-state index contributed by atoms with van der Waals surface area (Å²) < 4.78 is 13.6. The molecule has 2 aliphatic rings. The van der Waals surface area contributed by atoms with E-state index in [1.807, 2.05) is 0 Å². The van der Waals surface area contributed by atoms with Gasteiger partial charge in [0.15, 0.2) is 0 Å². The Kier molecular flexibility index (Phi) is 1.46. The number of nitrogens with zero attached hydrogens (tertiary/aromatic N) is 3. The highest BCUT2D eigenvalue weighted by atomic mass is 19.1. The van der Waals surface area contributed by atoms with Gasteiger partial charge in [0, 0.05) is 16.7 Å². The highest BCUT2D eigenvalue weighted by Crippen LogP contribution is 2.67. The van der Waals surface area contributed by atoms with Crippen LogP contribution in [0, 0.1) is 11.8 Å². The molecule has 0 saturated heterocycles. The van der Waals surface area contributed by atoms with E-state index in [1.54, 1.807) is 6.92 Å². The Morgan fingerprint density at radius 3 is 2.69 bits per heavy atom. The molecular weight excluding hydrogens is 173 g/mol. The first-order chi connectivity index (χ1) is 5.94. The third kappa shape index (κ3) is 0.860. The van der Waals surface area contributed by atoms with Crippen molar-refractivity contribution in [2.45, 2.75) is 37.6 Å². The minimum Gasteiger partial charge on any atom is -0.392 e. The lowest BCUT2D eigenvalue weighted by Crippen LogP contribution is -2.39. The normalized spacial score (nSPS) is 58.3. The van der Waals surface area contributed by atoms with Crippen LogP contribution in [0.3, 0.4) is 0 Å². The summed E-state index contributed by atoms with van der Waals surface area (Å²) in [6.07, 6.45) is -0.282. The summed E-state index contributed by atoms with van der Waals surface area (Å²) >= 11 is 0. The molecule has 0 aromatic carbocycles. The van der Waals surface area contributed by atoms with Gasteiger partial charge in [-0.1, -0.05) is 12.0 Å². The van der Waals surface area contributed by atoms with Gasteiger partial charge in [0.25, 0.3) is 0 Å². The third-order valence-electron chi connectivity index (χ3n) is 3.67. The first-order valence-electron chi connectivity index (χ1n) is 4.38. The SMILES string of the molecule is C[C@@]1(F)[C@@H]2C[C@@H](O)[C@](C)(N=[N+]=[N-])[C@@H]21. The molecule has 72 valence electrons. The van der Waals surface area contributed by atoms with Crippen LogP contribution in [0.2, 0.25) is 0 Å². The van der Waals surface area contributed by atoms with Gasteiger partial charge >= 0.3 is 0 Å². The molecule has 2 aliphatic carbocycles. The Morgan fingerprint density at radius 1 is 1.62 bits per heavy atom. The number of hydrogen-bond acceptors (Lipinski definition) is 2. The second-order valence-corrected chi connectivity index (χ2v) is 4.40. The molecule has 0 aromatic rings. The zero-order valence-electron chi connectivity index (χ0n) is 7.61. The van der Waals surface area contributed by atoms with Gasteiger partial charge < -0.3 is 5.11 Å². The highest BCUT2D eigenvalue weighted by molar-refractivity contribution is 5.26. The number of hydrogen-bond donors (Lipinski definition) is 1. The zero-order chi connectivity index (χ0) is 9.85. The van der Waals surface area contributed by atoms with Crippen molar-refractivity contribution in [1.82, 2.24) is 0 Å². The number of rotatable bonds is 1. The Hall–Kier alpha value is -0.800. The third-order valence-corrected chi connectivity index (χ3v) is 3.67. The summed E-state index contributed by atoms with van der Waals surface area (Å²) in [5.41, 5.74) is 6.15. The predicted molar refractivity (Wildman–Crippen MR) is 44.7 cm³/mol. The molecule has 2 rings (SSSR count). The molecule has 5 atom stereocenters. The predicted octanol–water partition coefficient (Wildman–Crippen LogP) is 1.79. The van der Waals surface area contributed by atoms with Gasteiger partial charge in [-0.15, -0.1) is 0 Å². The van der Waals surface area contributed by atoms with Crippen LogP contribution >= 0.6 is 0 Å². The van der Waals surface area contributed by atoms with Gasteiger partial charge in [-0.2, -0.15) is 0 Å². The van der Waals surface area contributed by atoms with Crippen LogP contribution in [0.25, 0.3) is 10.4 Å². The van der Waals surface area contributed by atoms with E-state index in [-0.39, 0.29) is 11.8 Å². The van der Waals surface area contributed by atoms with Gasteiger partial charge in [0.2, 0.25) is 0 Å². The van der Waals surface area contributed by atoms with E-state index in [0.29, 0.717) is 6.42 Å². The van der Waals surface area contributed by atoms with Crippen LogP contribution < -0.4 is 0 Å². The van der Waals surface area contributed by atoms with Crippen LogP contribution in [0.5, 0.6) is 0 Å². The van der Waals surface area contributed by atoms with E-state index in [2.05, 4.69) is 10.0 Å². The molecule has 5 heteroatoms. The van der Waals surface area contributed by atoms with Crippen molar-refractivity contribution in [3.05, 3.63) is 10.4 Å². The summed E-state index contributed by atoms with van der Waals surface area (Å²) in [5.74, 6) is -0.427. The number of halogens is 1. The minimum absolute atomic E-state index is 0.127. The van der Waals surface area contributed by atoms with E-state index in [1.165, 1.54) is 6.92 Å². The van der Waals surface area contributed by atoms with Crippen LogP contribution in [0.15, 0.2) is 5.11 Å². The number of aliphatic hydroxyl groups excluding tert-OH is 1. The molecule has 2 saturated carbocycles. The topological polar surface area (TPSA) is 69.0 Å². The van der Waals surface area contributed by atoms with Crippen LogP contribution in [0.4, 0.5) is 4.39 Å². The lowest BCUT2D eigenvalue weighted by Gasteiger charge is -2.27. The first-order valence-corrected chi connectivity index (χ1v) is 4.38. The van der Waals surface area contributed by atoms with E-state index >= 15 is 0 Å². The van der Waals surface area contributed by atoms with Crippen molar-refractivity contribution < 1.29 is 9.50 Å². The summed E-state index contributed by atoms with van der Waals surface area (Å²) in [4.78, 5) is 2.68. The fourth-order valence-corrected chi connectivity index (χ4v) is 2.82.